The monoisotopic (exact) mass is 214 g/mol. The molecule has 15 heavy (non-hydrogen) atoms. The van der Waals surface area contributed by atoms with Crippen molar-refractivity contribution in [2.75, 3.05) is 13.1 Å². The van der Waals surface area contributed by atoms with Gasteiger partial charge in [0.25, 0.3) is 0 Å². The maximum Gasteiger partial charge on any atom is 0.326 e. The molecule has 0 bridgehead atoms. The van der Waals surface area contributed by atoms with Crippen LogP contribution in [0.15, 0.2) is 0 Å². The van der Waals surface area contributed by atoms with Gasteiger partial charge in [0.1, 0.15) is 6.04 Å². The van der Waals surface area contributed by atoms with Gasteiger partial charge in [-0.25, -0.2) is 4.79 Å². The summed E-state index contributed by atoms with van der Waals surface area (Å²) >= 11 is 0. The van der Waals surface area contributed by atoms with Gasteiger partial charge in [-0.1, -0.05) is 0 Å². The number of nitrogens with one attached hydrogen (secondary N) is 1. The summed E-state index contributed by atoms with van der Waals surface area (Å²) in [6.45, 7) is 2.40. The Morgan fingerprint density at radius 3 is 2.67 bits per heavy atom. The molecule has 1 atom stereocenters. The van der Waals surface area contributed by atoms with Gasteiger partial charge in [0.05, 0.1) is 0 Å². The van der Waals surface area contributed by atoms with E-state index in [0.29, 0.717) is 25.9 Å². The smallest absolute Gasteiger partial charge is 0.326 e. The van der Waals surface area contributed by atoms with Gasteiger partial charge in [-0.15, -0.1) is 0 Å². The van der Waals surface area contributed by atoms with E-state index >= 15 is 0 Å². The molecule has 2 amide bonds. The van der Waals surface area contributed by atoms with Crippen LogP contribution < -0.4 is 5.32 Å². The lowest BCUT2D eigenvalue weighted by molar-refractivity contribution is -0.152. The quantitative estimate of drug-likeness (QED) is 0.589. The first-order valence-electron chi connectivity index (χ1n) is 4.89. The zero-order chi connectivity index (χ0) is 11.4. The Morgan fingerprint density at radius 2 is 2.13 bits per heavy atom. The van der Waals surface area contributed by atoms with E-state index in [1.165, 1.54) is 0 Å². The van der Waals surface area contributed by atoms with Crippen LogP contribution in [0.3, 0.4) is 0 Å². The molecule has 1 aliphatic rings. The van der Waals surface area contributed by atoms with Crippen molar-refractivity contribution in [3.8, 4) is 0 Å². The van der Waals surface area contributed by atoms with E-state index in [0.717, 1.165) is 4.90 Å². The lowest BCUT2D eigenvalue weighted by Crippen LogP contribution is -2.47. The van der Waals surface area contributed by atoms with Gasteiger partial charge in [-0.2, -0.15) is 0 Å². The normalized spacial score (nSPS) is 20.1. The molecule has 1 aliphatic heterocycles. The Morgan fingerprint density at radius 1 is 1.47 bits per heavy atom. The minimum atomic E-state index is -1.05. The molecule has 0 aromatic heterocycles. The summed E-state index contributed by atoms with van der Waals surface area (Å²) in [5, 5.41) is 11.2. The highest BCUT2D eigenvalue weighted by Crippen LogP contribution is 2.17. The molecule has 1 heterocycles. The van der Waals surface area contributed by atoms with Crippen molar-refractivity contribution in [1.29, 1.82) is 0 Å². The predicted octanol–water partition coefficient (Wildman–Crippen LogP) is -0.802. The summed E-state index contributed by atoms with van der Waals surface area (Å²) in [6, 6.07) is -0.847. The van der Waals surface area contributed by atoms with Gasteiger partial charge in [-0.3, -0.25) is 9.59 Å². The van der Waals surface area contributed by atoms with Crippen LogP contribution in [0.4, 0.5) is 0 Å². The van der Waals surface area contributed by atoms with Crippen molar-refractivity contribution in [2.45, 2.75) is 25.8 Å². The highest BCUT2D eigenvalue weighted by atomic mass is 16.4. The predicted molar refractivity (Wildman–Crippen MR) is 51.1 cm³/mol. The first-order valence-corrected chi connectivity index (χ1v) is 4.89. The van der Waals surface area contributed by atoms with Gasteiger partial charge < -0.3 is 15.3 Å². The Bertz CT molecular complexity index is 290. The van der Waals surface area contributed by atoms with Crippen molar-refractivity contribution in [3.05, 3.63) is 0 Å². The van der Waals surface area contributed by atoms with Crippen molar-refractivity contribution < 1.29 is 19.5 Å². The molecule has 0 aromatic rings. The minimum absolute atomic E-state index is 0.340. The first-order chi connectivity index (χ1) is 7.07. The number of hydrogen-bond acceptors (Lipinski definition) is 3. The number of hydrogen-bond donors (Lipinski definition) is 2. The highest BCUT2D eigenvalue weighted by Gasteiger charge is 2.36. The molecule has 0 saturated carbocycles. The third-order valence-corrected chi connectivity index (χ3v) is 2.33. The highest BCUT2D eigenvalue weighted by molar-refractivity contribution is 6.35. The van der Waals surface area contributed by atoms with E-state index in [2.05, 4.69) is 5.32 Å². The number of nitrogens with zero attached hydrogens (tertiary/aromatic N) is 1. The van der Waals surface area contributed by atoms with Crippen LogP contribution in [0.5, 0.6) is 0 Å². The van der Waals surface area contributed by atoms with Crippen LogP contribution >= 0.6 is 0 Å². The number of carboxylic acids is 1. The van der Waals surface area contributed by atoms with Crippen molar-refractivity contribution in [1.82, 2.24) is 10.2 Å². The summed E-state index contributed by atoms with van der Waals surface area (Å²) < 4.78 is 0. The van der Waals surface area contributed by atoms with E-state index in [9.17, 15) is 14.4 Å². The fourth-order valence-electron chi connectivity index (χ4n) is 1.63. The second kappa shape index (κ2) is 4.77. The molecule has 1 unspecified atom stereocenters. The van der Waals surface area contributed by atoms with Gasteiger partial charge in [-0.05, 0) is 19.8 Å². The van der Waals surface area contributed by atoms with E-state index in [1.54, 1.807) is 6.92 Å². The molecule has 0 aliphatic carbocycles. The fourth-order valence-corrected chi connectivity index (χ4v) is 1.63. The topological polar surface area (TPSA) is 86.7 Å². The number of carbonyl (C=O) groups excluding carboxylic acids is 2. The van der Waals surface area contributed by atoms with Crippen LogP contribution in [0, 0.1) is 0 Å². The van der Waals surface area contributed by atoms with Crippen molar-refractivity contribution in [2.24, 2.45) is 0 Å². The summed E-state index contributed by atoms with van der Waals surface area (Å²) in [5.74, 6) is -2.53. The molecular weight excluding hydrogens is 200 g/mol. The van der Waals surface area contributed by atoms with E-state index in [-0.39, 0.29) is 0 Å². The van der Waals surface area contributed by atoms with Crippen molar-refractivity contribution in [3.63, 3.8) is 0 Å². The molecule has 0 spiro atoms. The van der Waals surface area contributed by atoms with Crippen LogP contribution in [-0.4, -0.2) is 46.9 Å². The second-order valence-corrected chi connectivity index (χ2v) is 3.35. The lowest BCUT2D eigenvalue weighted by atomic mass is 10.2. The van der Waals surface area contributed by atoms with Gasteiger partial charge in [0.15, 0.2) is 0 Å². The molecule has 6 nitrogen and oxygen atoms in total. The van der Waals surface area contributed by atoms with Crippen LogP contribution in [0.25, 0.3) is 0 Å². The van der Waals surface area contributed by atoms with E-state index in [4.69, 9.17) is 5.11 Å². The number of carbonyl (C=O) groups is 3. The van der Waals surface area contributed by atoms with E-state index in [1.807, 2.05) is 0 Å². The number of rotatable bonds is 2. The Kier molecular flexibility index (Phi) is 3.65. The average Bonchev–Trinajstić information content (AvgIpc) is 2.65. The van der Waals surface area contributed by atoms with Gasteiger partial charge >= 0.3 is 17.8 Å². The standard InChI is InChI=1S/C9H14N2O4/c1-2-10-7(12)8(13)11-5-3-4-6(11)9(14)15/h6H,2-5H2,1H3,(H,10,12)(H,14,15). The largest absolute Gasteiger partial charge is 0.480 e. The summed E-state index contributed by atoms with van der Waals surface area (Å²) in [5.41, 5.74) is 0. The molecule has 1 fully saturated rings. The number of carboxylic acid groups (broad SMARTS) is 1. The zero-order valence-corrected chi connectivity index (χ0v) is 8.52. The number of likely N-dealkylation sites (N-methyl/N-ethyl adjacent to an activating group) is 1. The molecule has 2 N–H and O–H groups in total. The van der Waals surface area contributed by atoms with Crippen molar-refractivity contribution >= 4 is 17.8 Å². The molecule has 0 radical (unpaired) electrons. The SMILES string of the molecule is CCNC(=O)C(=O)N1CCCC1C(=O)O. The van der Waals surface area contributed by atoms with Gasteiger partial charge in [0, 0.05) is 13.1 Å². The minimum Gasteiger partial charge on any atom is -0.480 e. The molecular formula is C9H14N2O4. The lowest BCUT2D eigenvalue weighted by Gasteiger charge is -2.20. The van der Waals surface area contributed by atoms with Crippen LogP contribution in [-0.2, 0) is 14.4 Å². The number of likely N-dealkylation sites (tertiary alicyclic amines) is 1. The van der Waals surface area contributed by atoms with E-state index < -0.39 is 23.8 Å². The molecule has 84 valence electrons. The third kappa shape index (κ3) is 2.45. The third-order valence-electron chi connectivity index (χ3n) is 2.33. The second-order valence-electron chi connectivity index (χ2n) is 3.35. The Hall–Kier alpha value is -1.59. The Balaban J connectivity index is 2.66. The fraction of sp³-hybridized carbons (Fsp3) is 0.667. The maximum absolute atomic E-state index is 11.5. The molecule has 1 rings (SSSR count). The molecule has 6 heteroatoms. The maximum atomic E-state index is 11.5. The first kappa shape index (κ1) is 11.5. The zero-order valence-electron chi connectivity index (χ0n) is 8.52. The summed E-state index contributed by atoms with van der Waals surface area (Å²) in [4.78, 5) is 34.6. The average molecular weight is 214 g/mol. The molecule has 1 saturated heterocycles. The molecule has 0 aromatic carbocycles. The van der Waals surface area contributed by atoms with Gasteiger partial charge in [0.2, 0.25) is 0 Å². The summed E-state index contributed by atoms with van der Waals surface area (Å²) in [6.07, 6.45) is 1.04. The van der Waals surface area contributed by atoms with Crippen LogP contribution in [0.1, 0.15) is 19.8 Å². The number of aliphatic carboxylic acids is 1. The Labute approximate surface area is 87.2 Å². The summed E-state index contributed by atoms with van der Waals surface area (Å²) in [7, 11) is 0. The number of amides is 2. The van der Waals surface area contributed by atoms with Crippen LogP contribution in [0.2, 0.25) is 0 Å².